The van der Waals surface area contributed by atoms with Crippen molar-refractivity contribution in [3.8, 4) is 0 Å². The Kier molecular flexibility index (Phi) is 4.66. The summed E-state index contributed by atoms with van der Waals surface area (Å²) in [5.41, 5.74) is 10.6. The quantitative estimate of drug-likeness (QED) is 0.345. The van der Waals surface area contributed by atoms with Crippen molar-refractivity contribution in [2.24, 2.45) is 10.3 Å². The molecule has 0 aromatic heterocycles. The van der Waals surface area contributed by atoms with Gasteiger partial charge in [-0.15, -0.1) is 0 Å². The Bertz CT molecular complexity index is 661. The Labute approximate surface area is 121 Å². The van der Waals surface area contributed by atoms with E-state index in [0.717, 1.165) is 11.1 Å². The summed E-state index contributed by atoms with van der Waals surface area (Å²) in [6, 6.07) is 13.7. The Morgan fingerprint density at radius 3 is 2.14 bits per heavy atom. The van der Waals surface area contributed by atoms with Crippen LogP contribution in [-0.4, -0.2) is 23.5 Å². The number of nitrogens with zero attached hydrogens (tertiary/aromatic N) is 2. The maximum Gasteiger partial charge on any atom is 0.271 e. The molecule has 0 bridgehead atoms. The van der Waals surface area contributed by atoms with Crippen LogP contribution in [-0.2, 0) is 0 Å². The first-order chi connectivity index (χ1) is 10.2. The number of anilines is 1. The normalized spacial score (nSPS) is 11.0. The van der Waals surface area contributed by atoms with Crippen molar-refractivity contribution in [2.75, 3.05) is 5.73 Å². The van der Waals surface area contributed by atoms with Crippen molar-refractivity contribution >= 4 is 24.0 Å². The molecule has 0 radical (unpaired) electrons. The molecule has 0 aliphatic carbocycles. The molecule has 0 fully saturated rings. The predicted octanol–water partition coefficient (Wildman–Crippen LogP) is 1.84. The van der Waals surface area contributed by atoms with Crippen molar-refractivity contribution < 1.29 is 10.0 Å². The van der Waals surface area contributed by atoms with E-state index < -0.39 is 0 Å². The first kappa shape index (κ1) is 14.3. The van der Waals surface area contributed by atoms with Gasteiger partial charge in [0.2, 0.25) is 0 Å². The molecule has 2 aromatic rings. The third kappa shape index (κ3) is 4.17. The third-order valence-electron chi connectivity index (χ3n) is 2.70. The summed E-state index contributed by atoms with van der Waals surface area (Å²) < 4.78 is 0. The zero-order valence-corrected chi connectivity index (χ0v) is 11.1. The number of hydrazone groups is 1. The van der Waals surface area contributed by atoms with E-state index in [4.69, 9.17) is 10.9 Å². The van der Waals surface area contributed by atoms with Crippen LogP contribution in [0, 0.1) is 0 Å². The summed E-state index contributed by atoms with van der Waals surface area (Å²) in [4.78, 5) is 11.8. The number of benzene rings is 2. The highest BCUT2D eigenvalue weighted by molar-refractivity contribution is 5.95. The zero-order chi connectivity index (χ0) is 15.1. The number of amides is 1. The van der Waals surface area contributed by atoms with Crippen LogP contribution in [0.2, 0.25) is 0 Å². The average Bonchev–Trinajstić information content (AvgIpc) is 2.50. The van der Waals surface area contributed by atoms with Crippen LogP contribution < -0.4 is 11.2 Å². The van der Waals surface area contributed by atoms with E-state index in [1.807, 2.05) is 0 Å². The van der Waals surface area contributed by atoms with Gasteiger partial charge in [0.1, 0.15) is 0 Å². The number of carbonyl (C=O) groups excluding carboxylic acids is 1. The average molecular weight is 282 g/mol. The molecular formula is C15H14N4O2. The Hall–Kier alpha value is -3.15. The number of nitrogen functional groups attached to an aromatic ring is 1. The smallest absolute Gasteiger partial charge is 0.271 e. The topological polar surface area (TPSA) is 100 Å². The van der Waals surface area contributed by atoms with E-state index in [9.17, 15) is 4.79 Å². The first-order valence-corrected chi connectivity index (χ1v) is 6.15. The molecule has 106 valence electrons. The number of hydrogen-bond donors (Lipinski definition) is 3. The number of nitrogens with one attached hydrogen (secondary N) is 1. The Morgan fingerprint density at radius 1 is 1.00 bits per heavy atom. The Balaban J connectivity index is 1.95. The highest BCUT2D eigenvalue weighted by atomic mass is 16.4. The van der Waals surface area contributed by atoms with Gasteiger partial charge in [-0.1, -0.05) is 29.4 Å². The molecule has 0 aliphatic heterocycles. The fraction of sp³-hybridized carbons (Fsp3) is 0. The largest absolute Gasteiger partial charge is 0.411 e. The Morgan fingerprint density at radius 2 is 1.57 bits per heavy atom. The van der Waals surface area contributed by atoms with Crippen molar-refractivity contribution in [2.45, 2.75) is 0 Å². The second-order valence-corrected chi connectivity index (χ2v) is 4.23. The molecule has 6 nitrogen and oxygen atoms in total. The summed E-state index contributed by atoms with van der Waals surface area (Å²) in [7, 11) is 0. The molecule has 2 aromatic carbocycles. The third-order valence-corrected chi connectivity index (χ3v) is 2.70. The minimum absolute atomic E-state index is 0.310. The summed E-state index contributed by atoms with van der Waals surface area (Å²) in [6.45, 7) is 0. The van der Waals surface area contributed by atoms with E-state index >= 15 is 0 Å². The number of carbonyl (C=O) groups is 1. The molecule has 4 N–H and O–H groups in total. The molecule has 2 rings (SSSR count). The van der Waals surface area contributed by atoms with Crippen LogP contribution in [0.1, 0.15) is 21.5 Å². The van der Waals surface area contributed by atoms with Gasteiger partial charge in [-0.05, 0) is 35.4 Å². The van der Waals surface area contributed by atoms with E-state index in [1.54, 1.807) is 48.5 Å². The monoisotopic (exact) mass is 282 g/mol. The predicted molar refractivity (Wildman–Crippen MR) is 81.7 cm³/mol. The molecule has 0 spiro atoms. The van der Waals surface area contributed by atoms with Crippen LogP contribution in [0.4, 0.5) is 5.69 Å². The molecule has 0 saturated heterocycles. The standard InChI is InChI=1S/C15H14N4O2/c16-14-7-5-13(6-8-14)15(20)19-17-9-11-1-3-12(4-2-11)10-18-21/h1-10,21H,16H2,(H,19,20). The molecule has 0 heterocycles. The number of nitrogens with two attached hydrogens (primary N) is 1. The minimum atomic E-state index is -0.310. The van der Waals surface area contributed by atoms with Gasteiger partial charge in [-0.2, -0.15) is 5.10 Å². The highest BCUT2D eigenvalue weighted by Crippen LogP contribution is 2.05. The van der Waals surface area contributed by atoms with Gasteiger partial charge >= 0.3 is 0 Å². The zero-order valence-electron chi connectivity index (χ0n) is 11.1. The van der Waals surface area contributed by atoms with Crippen molar-refractivity contribution in [3.05, 3.63) is 65.2 Å². The van der Waals surface area contributed by atoms with Crippen molar-refractivity contribution in [1.29, 1.82) is 0 Å². The number of rotatable bonds is 4. The fourth-order valence-electron chi connectivity index (χ4n) is 1.60. The molecule has 21 heavy (non-hydrogen) atoms. The summed E-state index contributed by atoms with van der Waals surface area (Å²) >= 11 is 0. The van der Waals surface area contributed by atoms with Crippen LogP contribution >= 0.6 is 0 Å². The minimum Gasteiger partial charge on any atom is -0.411 e. The van der Waals surface area contributed by atoms with E-state index in [0.29, 0.717) is 11.3 Å². The van der Waals surface area contributed by atoms with Gasteiger partial charge < -0.3 is 10.9 Å². The van der Waals surface area contributed by atoms with Gasteiger partial charge in [0.15, 0.2) is 0 Å². The fourth-order valence-corrected chi connectivity index (χ4v) is 1.60. The van der Waals surface area contributed by atoms with Gasteiger partial charge in [-0.3, -0.25) is 4.79 Å². The van der Waals surface area contributed by atoms with Crippen LogP contribution in [0.15, 0.2) is 58.8 Å². The van der Waals surface area contributed by atoms with Crippen molar-refractivity contribution in [3.63, 3.8) is 0 Å². The highest BCUT2D eigenvalue weighted by Gasteiger charge is 2.02. The summed E-state index contributed by atoms with van der Waals surface area (Å²) in [6.07, 6.45) is 2.85. The molecule has 6 heteroatoms. The summed E-state index contributed by atoms with van der Waals surface area (Å²) in [5, 5.41) is 15.2. The van der Waals surface area contributed by atoms with Gasteiger partial charge in [0, 0.05) is 11.3 Å². The van der Waals surface area contributed by atoms with Crippen LogP contribution in [0.25, 0.3) is 0 Å². The lowest BCUT2D eigenvalue weighted by molar-refractivity contribution is 0.0955. The maximum atomic E-state index is 11.8. The summed E-state index contributed by atoms with van der Waals surface area (Å²) in [5.74, 6) is -0.310. The molecule has 0 aliphatic rings. The first-order valence-electron chi connectivity index (χ1n) is 6.15. The molecule has 0 unspecified atom stereocenters. The SMILES string of the molecule is Nc1ccc(C(=O)NN=Cc2ccc(C=NO)cc2)cc1. The second kappa shape index (κ2) is 6.85. The number of hydrogen-bond acceptors (Lipinski definition) is 5. The lowest BCUT2D eigenvalue weighted by Gasteiger charge is -2.00. The molecule has 0 saturated carbocycles. The number of oxime groups is 1. The molecule has 0 atom stereocenters. The van der Waals surface area contributed by atoms with Crippen LogP contribution in [0.5, 0.6) is 0 Å². The van der Waals surface area contributed by atoms with E-state index in [1.165, 1.54) is 12.4 Å². The van der Waals surface area contributed by atoms with E-state index in [2.05, 4.69) is 15.7 Å². The lowest BCUT2D eigenvalue weighted by Crippen LogP contribution is -2.17. The van der Waals surface area contributed by atoms with Gasteiger partial charge in [0.25, 0.3) is 5.91 Å². The molecule has 1 amide bonds. The lowest BCUT2D eigenvalue weighted by atomic mass is 10.2. The second-order valence-electron chi connectivity index (χ2n) is 4.23. The van der Waals surface area contributed by atoms with Crippen molar-refractivity contribution in [1.82, 2.24) is 5.43 Å². The van der Waals surface area contributed by atoms with Gasteiger partial charge in [0.05, 0.1) is 12.4 Å². The van der Waals surface area contributed by atoms with E-state index in [-0.39, 0.29) is 5.91 Å². The van der Waals surface area contributed by atoms with Gasteiger partial charge in [-0.25, -0.2) is 5.43 Å². The molecular weight excluding hydrogens is 268 g/mol. The maximum absolute atomic E-state index is 11.8. The van der Waals surface area contributed by atoms with Crippen LogP contribution in [0.3, 0.4) is 0 Å².